The van der Waals surface area contributed by atoms with Gasteiger partial charge in [-0.1, -0.05) is 20.3 Å². The Morgan fingerprint density at radius 3 is 2.94 bits per heavy atom. The van der Waals surface area contributed by atoms with Crippen LogP contribution in [-0.2, 0) is 0 Å². The highest BCUT2D eigenvalue weighted by molar-refractivity contribution is 4.89. The van der Waals surface area contributed by atoms with E-state index in [2.05, 4.69) is 24.1 Å². The van der Waals surface area contributed by atoms with Crippen LogP contribution in [0.25, 0.3) is 0 Å². The molecule has 2 aliphatic rings. The van der Waals surface area contributed by atoms with E-state index >= 15 is 0 Å². The zero-order valence-corrected chi connectivity index (χ0v) is 11.4. The molecule has 0 aromatic carbocycles. The molecule has 2 rings (SSSR count). The Morgan fingerprint density at radius 1 is 1.35 bits per heavy atom. The fourth-order valence-electron chi connectivity index (χ4n) is 3.17. The lowest BCUT2D eigenvalue weighted by atomic mass is 9.96. The summed E-state index contributed by atoms with van der Waals surface area (Å²) in [6, 6.07) is 1.45. The van der Waals surface area contributed by atoms with Crippen LogP contribution in [0.4, 0.5) is 0 Å². The van der Waals surface area contributed by atoms with Crippen molar-refractivity contribution in [2.45, 2.75) is 64.1 Å². The van der Waals surface area contributed by atoms with Crippen LogP contribution in [0.5, 0.6) is 0 Å². The van der Waals surface area contributed by atoms with Gasteiger partial charge in [0.1, 0.15) is 0 Å². The number of fused-ring (bicyclic) bond motifs is 1. The molecule has 17 heavy (non-hydrogen) atoms. The minimum atomic E-state index is -0.179. The molecule has 2 saturated heterocycles. The van der Waals surface area contributed by atoms with E-state index in [1.165, 1.54) is 38.8 Å². The van der Waals surface area contributed by atoms with E-state index < -0.39 is 0 Å². The van der Waals surface area contributed by atoms with Crippen LogP contribution in [0.1, 0.15) is 46.0 Å². The van der Waals surface area contributed by atoms with E-state index in [-0.39, 0.29) is 6.10 Å². The third-order valence-electron chi connectivity index (χ3n) is 4.74. The quantitative estimate of drug-likeness (QED) is 0.766. The van der Waals surface area contributed by atoms with Gasteiger partial charge in [-0.05, 0) is 44.7 Å². The molecule has 0 spiro atoms. The summed E-state index contributed by atoms with van der Waals surface area (Å²) in [6.07, 6.45) is 6.18. The van der Waals surface area contributed by atoms with Gasteiger partial charge in [-0.2, -0.15) is 0 Å². The van der Waals surface area contributed by atoms with Crippen molar-refractivity contribution in [3.8, 4) is 0 Å². The summed E-state index contributed by atoms with van der Waals surface area (Å²) in [7, 11) is 0. The molecule has 0 radical (unpaired) electrons. The van der Waals surface area contributed by atoms with E-state index in [4.69, 9.17) is 0 Å². The standard InChI is InChI=1S/C14H28N2O/c1-3-11(2)14(17)10-15-12-6-8-16-7-4-5-13(16)9-12/h11-15,17H,3-10H2,1-2H3. The van der Waals surface area contributed by atoms with Gasteiger partial charge in [-0.3, -0.25) is 0 Å². The molecule has 0 bridgehead atoms. The van der Waals surface area contributed by atoms with Gasteiger partial charge >= 0.3 is 0 Å². The second-order valence-electron chi connectivity index (χ2n) is 5.91. The maximum absolute atomic E-state index is 9.96. The lowest BCUT2D eigenvalue weighted by Gasteiger charge is -2.35. The molecule has 0 saturated carbocycles. The Morgan fingerprint density at radius 2 is 2.18 bits per heavy atom. The maximum atomic E-state index is 9.96. The topological polar surface area (TPSA) is 35.5 Å². The molecule has 4 atom stereocenters. The summed E-state index contributed by atoms with van der Waals surface area (Å²) in [4.78, 5) is 2.64. The molecule has 0 aromatic rings. The number of piperidine rings is 1. The molecule has 2 N–H and O–H groups in total. The average molecular weight is 240 g/mol. The predicted molar refractivity (Wildman–Crippen MR) is 71.1 cm³/mol. The highest BCUT2D eigenvalue weighted by atomic mass is 16.3. The lowest BCUT2D eigenvalue weighted by Crippen LogP contribution is -2.47. The zero-order valence-electron chi connectivity index (χ0n) is 11.4. The summed E-state index contributed by atoms with van der Waals surface area (Å²) in [5, 5.41) is 13.5. The molecule has 3 heteroatoms. The van der Waals surface area contributed by atoms with Gasteiger partial charge < -0.3 is 15.3 Å². The van der Waals surface area contributed by atoms with Gasteiger partial charge in [0.15, 0.2) is 0 Å². The Hall–Kier alpha value is -0.120. The first-order chi connectivity index (χ1) is 8.20. The monoisotopic (exact) mass is 240 g/mol. The van der Waals surface area contributed by atoms with Gasteiger partial charge in [-0.15, -0.1) is 0 Å². The van der Waals surface area contributed by atoms with Crippen molar-refractivity contribution in [2.24, 2.45) is 5.92 Å². The van der Waals surface area contributed by atoms with Crippen LogP contribution >= 0.6 is 0 Å². The van der Waals surface area contributed by atoms with Crippen molar-refractivity contribution < 1.29 is 5.11 Å². The van der Waals surface area contributed by atoms with Crippen LogP contribution in [0, 0.1) is 5.92 Å². The van der Waals surface area contributed by atoms with E-state index in [0.717, 1.165) is 19.0 Å². The third kappa shape index (κ3) is 3.43. The molecule has 0 aromatic heterocycles. The largest absolute Gasteiger partial charge is 0.392 e. The number of hydrogen-bond donors (Lipinski definition) is 2. The minimum absolute atomic E-state index is 0.179. The van der Waals surface area contributed by atoms with Crippen molar-refractivity contribution in [3.05, 3.63) is 0 Å². The summed E-state index contributed by atoms with van der Waals surface area (Å²) >= 11 is 0. The molecule has 2 heterocycles. The van der Waals surface area contributed by atoms with E-state index in [1.54, 1.807) is 0 Å². The summed E-state index contributed by atoms with van der Waals surface area (Å²) in [5.74, 6) is 0.411. The van der Waals surface area contributed by atoms with E-state index in [1.807, 2.05) is 0 Å². The van der Waals surface area contributed by atoms with Gasteiger partial charge in [0.2, 0.25) is 0 Å². The summed E-state index contributed by atoms with van der Waals surface area (Å²) in [5.41, 5.74) is 0. The number of nitrogens with zero attached hydrogens (tertiary/aromatic N) is 1. The Balaban J connectivity index is 1.69. The lowest BCUT2D eigenvalue weighted by molar-refractivity contribution is 0.0990. The summed E-state index contributed by atoms with van der Waals surface area (Å²) < 4.78 is 0. The Bertz CT molecular complexity index is 234. The summed E-state index contributed by atoms with van der Waals surface area (Å²) in [6.45, 7) is 7.61. The molecule has 100 valence electrons. The third-order valence-corrected chi connectivity index (χ3v) is 4.74. The van der Waals surface area contributed by atoms with Crippen LogP contribution < -0.4 is 5.32 Å². The smallest absolute Gasteiger partial charge is 0.0690 e. The molecule has 3 nitrogen and oxygen atoms in total. The van der Waals surface area contributed by atoms with Gasteiger partial charge in [0.05, 0.1) is 6.10 Å². The second kappa shape index (κ2) is 6.17. The Labute approximate surface area is 106 Å². The van der Waals surface area contributed by atoms with Crippen molar-refractivity contribution in [1.29, 1.82) is 0 Å². The van der Waals surface area contributed by atoms with E-state index in [9.17, 15) is 5.11 Å². The van der Waals surface area contributed by atoms with Crippen LogP contribution in [0.3, 0.4) is 0 Å². The molecule has 2 fully saturated rings. The predicted octanol–water partition coefficient (Wildman–Crippen LogP) is 1.61. The number of aliphatic hydroxyl groups is 1. The molecule has 2 aliphatic heterocycles. The van der Waals surface area contributed by atoms with Crippen LogP contribution in [-0.4, -0.2) is 47.8 Å². The normalized spacial score (nSPS) is 33.4. The fourth-order valence-corrected chi connectivity index (χ4v) is 3.17. The Kier molecular flexibility index (Phi) is 4.83. The number of aliphatic hydroxyl groups excluding tert-OH is 1. The van der Waals surface area contributed by atoms with Gasteiger partial charge in [-0.25, -0.2) is 0 Å². The van der Waals surface area contributed by atoms with Crippen LogP contribution in [0.2, 0.25) is 0 Å². The maximum Gasteiger partial charge on any atom is 0.0690 e. The first-order valence-corrected chi connectivity index (χ1v) is 7.36. The SMILES string of the molecule is CCC(C)C(O)CNC1CCN2CCCC2C1. The molecule has 4 unspecified atom stereocenters. The highest BCUT2D eigenvalue weighted by Gasteiger charge is 2.31. The average Bonchev–Trinajstić information content (AvgIpc) is 2.82. The number of nitrogens with one attached hydrogen (secondary N) is 1. The molecule has 0 amide bonds. The van der Waals surface area contributed by atoms with Gasteiger partial charge in [0.25, 0.3) is 0 Å². The zero-order chi connectivity index (χ0) is 12.3. The van der Waals surface area contributed by atoms with Crippen LogP contribution in [0.15, 0.2) is 0 Å². The molecular weight excluding hydrogens is 212 g/mol. The fraction of sp³-hybridized carbons (Fsp3) is 1.00. The highest BCUT2D eigenvalue weighted by Crippen LogP contribution is 2.26. The second-order valence-corrected chi connectivity index (χ2v) is 5.91. The number of hydrogen-bond acceptors (Lipinski definition) is 3. The molecule has 0 aliphatic carbocycles. The molecular formula is C14H28N2O. The van der Waals surface area contributed by atoms with Gasteiger partial charge in [0, 0.05) is 18.6 Å². The van der Waals surface area contributed by atoms with E-state index in [0.29, 0.717) is 12.0 Å². The number of rotatable bonds is 5. The minimum Gasteiger partial charge on any atom is -0.392 e. The van der Waals surface area contributed by atoms with Crippen molar-refractivity contribution in [3.63, 3.8) is 0 Å². The van der Waals surface area contributed by atoms with Crippen molar-refractivity contribution in [2.75, 3.05) is 19.6 Å². The first-order valence-electron chi connectivity index (χ1n) is 7.36. The first kappa shape index (κ1) is 13.3. The van der Waals surface area contributed by atoms with Crippen molar-refractivity contribution >= 4 is 0 Å². The van der Waals surface area contributed by atoms with Crippen molar-refractivity contribution in [1.82, 2.24) is 10.2 Å².